The molecule has 1 aromatic rings. The van der Waals surface area contributed by atoms with Crippen molar-refractivity contribution >= 4 is 17.4 Å². The van der Waals surface area contributed by atoms with Crippen LogP contribution in [0.2, 0.25) is 0 Å². The van der Waals surface area contributed by atoms with Gasteiger partial charge in [0.1, 0.15) is 5.82 Å². The molecule has 0 bridgehead atoms. The Morgan fingerprint density at radius 2 is 2.25 bits per heavy atom. The molecule has 16 heavy (non-hydrogen) atoms. The minimum atomic E-state index is -0.165. The van der Waals surface area contributed by atoms with Gasteiger partial charge in [-0.25, -0.2) is 4.39 Å². The van der Waals surface area contributed by atoms with E-state index in [1.54, 1.807) is 17.8 Å². The molecule has 0 fully saturated rings. The molecule has 4 heteroatoms. The van der Waals surface area contributed by atoms with Gasteiger partial charge in [0, 0.05) is 29.8 Å². The summed E-state index contributed by atoms with van der Waals surface area (Å²) in [5.41, 5.74) is 0.689. The molecule has 0 saturated carbocycles. The molecule has 0 radical (unpaired) electrons. The van der Waals surface area contributed by atoms with Crippen LogP contribution in [0.5, 0.6) is 0 Å². The molecule has 1 heterocycles. The molecule has 88 valence electrons. The average Bonchev–Trinajstić information content (AvgIpc) is 2.25. The maximum absolute atomic E-state index is 13.7. The number of halogens is 1. The number of benzene rings is 1. The van der Waals surface area contributed by atoms with E-state index in [9.17, 15) is 4.39 Å². The number of hydrogen-bond donors (Lipinski definition) is 1. The Bertz CT molecular complexity index is 385. The maximum Gasteiger partial charge on any atom is 0.147 e. The second-order valence-corrected chi connectivity index (χ2v) is 5.39. The Kier molecular flexibility index (Phi) is 3.40. The predicted molar refractivity (Wildman–Crippen MR) is 65.6 cm³/mol. The van der Waals surface area contributed by atoms with Gasteiger partial charge in [-0.15, -0.1) is 11.8 Å². The molecule has 1 aliphatic heterocycles. The smallest absolute Gasteiger partial charge is 0.147 e. The third-order valence-corrected chi connectivity index (χ3v) is 4.66. The topological polar surface area (TPSA) is 23.5 Å². The number of rotatable bonds is 2. The fraction of sp³-hybridized carbons (Fsp3) is 0.500. The number of anilines is 1. The zero-order chi connectivity index (χ0) is 11.7. The Hall–Kier alpha value is -0.740. The fourth-order valence-electron chi connectivity index (χ4n) is 2.07. The molecule has 1 N–H and O–H groups in total. The quantitative estimate of drug-likeness (QED) is 0.860. The molecular formula is C12H16FNOS. The van der Waals surface area contributed by atoms with E-state index in [0.717, 1.165) is 11.3 Å². The molecule has 0 amide bonds. The third-order valence-electron chi connectivity index (χ3n) is 3.14. The first-order chi connectivity index (χ1) is 7.65. The molecule has 2 unspecified atom stereocenters. The van der Waals surface area contributed by atoms with E-state index in [4.69, 9.17) is 5.11 Å². The predicted octanol–water partition coefficient (Wildman–Crippen LogP) is 2.51. The van der Waals surface area contributed by atoms with Crippen molar-refractivity contribution in [2.75, 3.05) is 18.6 Å². The van der Waals surface area contributed by atoms with E-state index in [1.807, 2.05) is 18.0 Å². The zero-order valence-corrected chi connectivity index (χ0v) is 10.3. The Morgan fingerprint density at radius 1 is 1.50 bits per heavy atom. The van der Waals surface area contributed by atoms with E-state index in [1.165, 1.54) is 6.07 Å². The van der Waals surface area contributed by atoms with Gasteiger partial charge < -0.3 is 10.0 Å². The van der Waals surface area contributed by atoms with Crippen molar-refractivity contribution in [1.82, 2.24) is 0 Å². The van der Waals surface area contributed by atoms with Crippen molar-refractivity contribution in [2.45, 2.75) is 29.5 Å². The van der Waals surface area contributed by atoms with Gasteiger partial charge in [-0.05, 0) is 25.5 Å². The SMILES string of the molecule is CC1C(CCO)Sc2cccc(F)c2N1C. The molecule has 1 aliphatic rings. The van der Waals surface area contributed by atoms with Gasteiger partial charge in [0.15, 0.2) is 0 Å². The number of fused-ring (bicyclic) bond motifs is 1. The number of nitrogens with zero attached hydrogens (tertiary/aromatic N) is 1. The Labute approximate surface area is 99.5 Å². The molecule has 2 atom stereocenters. The largest absolute Gasteiger partial charge is 0.396 e. The summed E-state index contributed by atoms with van der Waals surface area (Å²) in [7, 11) is 1.91. The second-order valence-electron chi connectivity index (χ2n) is 4.11. The molecule has 0 aromatic heterocycles. The van der Waals surface area contributed by atoms with Gasteiger partial charge in [0.25, 0.3) is 0 Å². The van der Waals surface area contributed by atoms with Crippen LogP contribution < -0.4 is 4.90 Å². The zero-order valence-electron chi connectivity index (χ0n) is 9.48. The normalized spacial score (nSPS) is 24.4. The molecule has 0 saturated heterocycles. The van der Waals surface area contributed by atoms with Crippen molar-refractivity contribution in [2.24, 2.45) is 0 Å². The first-order valence-corrected chi connectivity index (χ1v) is 6.32. The van der Waals surface area contributed by atoms with Gasteiger partial charge in [0.05, 0.1) is 5.69 Å². The van der Waals surface area contributed by atoms with Crippen LogP contribution in [0, 0.1) is 5.82 Å². The maximum atomic E-state index is 13.7. The van der Waals surface area contributed by atoms with Crippen molar-refractivity contribution in [1.29, 1.82) is 0 Å². The van der Waals surface area contributed by atoms with E-state index >= 15 is 0 Å². The fourth-order valence-corrected chi connectivity index (χ4v) is 3.51. The van der Waals surface area contributed by atoms with E-state index in [-0.39, 0.29) is 18.5 Å². The molecule has 0 spiro atoms. The Balaban J connectivity index is 2.36. The molecule has 2 nitrogen and oxygen atoms in total. The number of thioether (sulfide) groups is 1. The lowest BCUT2D eigenvalue weighted by Gasteiger charge is -2.39. The second kappa shape index (κ2) is 4.63. The lowest BCUT2D eigenvalue weighted by Crippen LogP contribution is -2.41. The molecule has 2 rings (SSSR count). The number of hydrogen-bond acceptors (Lipinski definition) is 3. The standard InChI is InChI=1S/C12H16FNOS/c1-8-10(6-7-15)16-11-5-3-4-9(13)12(11)14(8)2/h3-5,8,10,15H,6-7H2,1-2H3. The van der Waals surface area contributed by atoms with Crippen molar-refractivity contribution < 1.29 is 9.50 Å². The van der Waals surface area contributed by atoms with Gasteiger partial charge in [-0.3, -0.25) is 0 Å². The van der Waals surface area contributed by atoms with Crippen LogP contribution >= 0.6 is 11.8 Å². The summed E-state index contributed by atoms with van der Waals surface area (Å²) in [6.45, 7) is 2.25. The van der Waals surface area contributed by atoms with Crippen molar-refractivity contribution in [3.8, 4) is 0 Å². The minimum Gasteiger partial charge on any atom is -0.396 e. The van der Waals surface area contributed by atoms with E-state index < -0.39 is 0 Å². The summed E-state index contributed by atoms with van der Waals surface area (Å²) in [6, 6.07) is 5.41. The van der Waals surface area contributed by atoms with Crippen LogP contribution in [0.3, 0.4) is 0 Å². The summed E-state index contributed by atoms with van der Waals surface area (Å²) in [6.07, 6.45) is 0.742. The first kappa shape index (κ1) is 11.7. The summed E-state index contributed by atoms with van der Waals surface area (Å²) in [5, 5.41) is 9.34. The van der Waals surface area contributed by atoms with Crippen LogP contribution in [0.1, 0.15) is 13.3 Å². The van der Waals surface area contributed by atoms with E-state index in [0.29, 0.717) is 10.9 Å². The highest BCUT2D eigenvalue weighted by molar-refractivity contribution is 8.00. The molecule has 1 aromatic carbocycles. The summed E-state index contributed by atoms with van der Waals surface area (Å²) in [4.78, 5) is 2.95. The van der Waals surface area contributed by atoms with Crippen LogP contribution in [-0.2, 0) is 0 Å². The first-order valence-electron chi connectivity index (χ1n) is 5.44. The summed E-state index contributed by atoms with van der Waals surface area (Å²) < 4.78 is 13.7. The van der Waals surface area contributed by atoms with Gasteiger partial charge >= 0.3 is 0 Å². The van der Waals surface area contributed by atoms with Gasteiger partial charge in [-0.2, -0.15) is 0 Å². The van der Waals surface area contributed by atoms with Crippen molar-refractivity contribution in [3.05, 3.63) is 24.0 Å². The molecule has 0 aliphatic carbocycles. The highest BCUT2D eigenvalue weighted by atomic mass is 32.2. The lowest BCUT2D eigenvalue weighted by molar-refractivity contribution is 0.282. The Morgan fingerprint density at radius 3 is 2.94 bits per heavy atom. The monoisotopic (exact) mass is 241 g/mol. The van der Waals surface area contributed by atoms with Crippen LogP contribution in [-0.4, -0.2) is 30.1 Å². The summed E-state index contributed by atoms with van der Waals surface area (Å²) >= 11 is 1.67. The minimum absolute atomic E-state index is 0.165. The third kappa shape index (κ3) is 1.92. The van der Waals surface area contributed by atoms with E-state index in [2.05, 4.69) is 6.92 Å². The van der Waals surface area contributed by atoms with Crippen molar-refractivity contribution in [3.63, 3.8) is 0 Å². The number of aliphatic hydroxyl groups excluding tert-OH is 1. The van der Waals surface area contributed by atoms with Crippen LogP contribution in [0.15, 0.2) is 23.1 Å². The van der Waals surface area contributed by atoms with Gasteiger partial charge in [0.2, 0.25) is 0 Å². The highest BCUT2D eigenvalue weighted by Gasteiger charge is 2.31. The van der Waals surface area contributed by atoms with Crippen LogP contribution in [0.4, 0.5) is 10.1 Å². The number of para-hydroxylation sites is 1. The summed E-state index contributed by atoms with van der Waals surface area (Å²) in [5.74, 6) is -0.165. The molecular weight excluding hydrogens is 225 g/mol. The number of aliphatic hydroxyl groups is 1. The highest BCUT2D eigenvalue weighted by Crippen LogP contribution is 2.43. The average molecular weight is 241 g/mol. The van der Waals surface area contributed by atoms with Crippen LogP contribution in [0.25, 0.3) is 0 Å². The lowest BCUT2D eigenvalue weighted by atomic mass is 10.1. The van der Waals surface area contributed by atoms with Gasteiger partial charge in [-0.1, -0.05) is 6.07 Å².